The number of benzene rings is 1. The maximum absolute atomic E-state index is 8.85. The van der Waals surface area contributed by atoms with Gasteiger partial charge in [0.25, 0.3) is 0 Å². The van der Waals surface area contributed by atoms with E-state index in [2.05, 4.69) is 30.0 Å². The van der Waals surface area contributed by atoms with Crippen molar-refractivity contribution in [2.75, 3.05) is 18.5 Å². The maximum atomic E-state index is 8.85. The van der Waals surface area contributed by atoms with Gasteiger partial charge < -0.3 is 10.6 Å². The highest BCUT2D eigenvalue weighted by atomic mass is 15.1. The number of anilines is 1. The van der Waals surface area contributed by atoms with Crippen molar-refractivity contribution in [3.05, 3.63) is 29.8 Å². The van der Waals surface area contributed by atoms with Crippen LogP contribution in [0.4, 0.5) is 5.69 Å². The van der Waals surface area contributed by atoms with Crippen LogP contribution in [0.3, 0.4) is 0 Å². The molecule has 0 aliphatic carbocycles. The summed E-state index contributed by atoms with van der Waals surface area (Å²) < 4.78 is 0. The third kappa shape index (κ3) is 3.47. The van der Waals surface area contributed by atoms with E-state index in [9.17, 15) is 0 Å². The Labute approximate surface area is 104 Å². The molecule has 0 bridgehead atoms. The number of hydrogen-bond acceptors (Lipinski definition) is 3. The molecule has 0 aromatic heterocycles. The highest BCUT2D eigenvalue weighted by Crippen LogP contribution is 2.26. The number of nitrogens with two attached hydrogens (primary N) is 1. The van der Waals surface area contributed by atoms with E-state index < -0.39 is 0 Å². The summed E-state index contributed by atoms with van der Waals surface area (Å²) in [6, 6.07) is 10.5. The molecule has 1 aromatic carbocycles. The SMILES string of the molecule is CC[C@H](N)c1ccccc1N(C)CC(C)C#N. The lowest BCUT2D eigenvalue weighted by molar-refractivity contribution is 0.679. The number of hydrogen-bond donors (Lipinski definition) is 1. The van der Waals surface area contributed by atoms with Gasteiger partial charge in [-0.25, -0.2) is 0 Å². The molecule has 0 amide bonds. The molecule has 0 saturated heterocycles. The lowest BCUT2D eigenvalue weighted by atomic mass is 10.0. The van der Waals surface area contributed by atoms with Crippen LogP contribution in [-0.2, 0) is 0 Å². The summed E-state index contributed by atoms with van der Waals surface area (Å²) in [5, 5.41) is 8.85. The highest BCUT2D eigenvalue weighted by Gasteiger charge is 2.13. The molecule has 0 saturated carbocycles. The molecule has 17 heavy (non-hydrogen) atoms. The average Bonchev–Trinajstić information content (AvgIpc) is 2.37. The molecule has 1 aromatic rings. The van der Waals surface area contributed by atoms with Crippen LogP contribution in [0.1, 0.15) is 31.9 Å². The summed E-state index contributed by atoms with van der Waals surface area (Å²) in [7, 11) is 2.01. The van der Waals surface area contributed by atoms with E-state index in [4.69, 9.17) is 11.0 Å². The molecule has 0 radical (unpaired) electrons. The minimum Gasteiger partial charge on any atom is -0.373 e. The fraction of sp³-hybridized carbons (Fsp3) is 0.500. The first kappa shape index (κ1) is 13.5. The second-order valence-electron chi connectivity index (χ2n) is 4.48. The Morgan fingerprint density at radius 1 is 1.41 bits per heavy atom. The molecule has 2 atom stereocenters. The fourth-order valence-corrected chi connectivity index (χ4v) is 1.92. The minimum atomic E-state index is 0.0194. The first-order valence-electron chi connectivity index (χ1n) is 6.05. The van der Waals surface area contributed by atoms with Crippen molar-refractivity contribution < 1.29 is 0 Å². The maximum Gasteiger partial charge on any atom is 0.0671 e. The van der Waals surface area contributed by atoms with E-state index >= 15 is 0 Å². The van der Waals surface area contributed by atoms with Crippen LogP contribution < -0.4 is 10.6 Å². The van der Waals surface area contributed by atoms with Crippen molar-refractivity contribution >= 4 is 5.69 Å². The number of nitriles is 1. The van der Waals surface area contributed by atoms with Crippen LogP contribution in [0.15, 0.2) is 24.3 Å². The molecular weight excluding hydrogens is 210 g/mol. The summed E-state index contributed by atoms with van der Waals surface area (Å²) >= 11 is 0. The molecule has 0 fully saturated rings. The standard InChI is InChI=1S/C14H21N3/c1-4-13(16)12-7-5-6-8-14(12)17(3)10-11(2)9-15/h5-8,11,13H,4,10,16H2,1-3H3/t11?,13-/m0/s1. The molecule has 2 N–H and O–H groups in total. The molecule has 0 spiro atoms. The molecule has 0 heterocycles. The summed E-state index contributed by atoms with van der Waals surface area (Å²) in [5.41, 5.74) is 8.39. The summed E-state index contributed by atoms with van der Waals surface area (Å²) in [5.74, 6) is 0.0194. The fourth-order valence-electron chi connectivity index (χ4n) is 1.92. The summed E-state index contributed by atoms with van der Waals surface area (Å²) in [6.07, 6.45) is 0.915. The van der Waals surface area contributed by atoms with E-state index in [1.807, 2.05) is 26.1 Å². The lowest BCUT2D eigenvalue weighted by Gasteiger charge is -2.25. The second kappa shape index (κ2) is 6.27. The Kier molecular flexibility index (Phi) is 4.99. The molecule has 3 nitrogen and oxygen atoms in total. The van der Waals surface area contributed by atoms with Crippen LogP contribution in [0.2, 0.25) is 0 Å². The Morgan fingerprint density at radius 3 is 2.65 bits per heavy atom. The zero-order valence-corrected chi connectivity index (χ0v) is 10.9. The van der Waals surface area contributed by atoms with Gasteiger partial charge in [-0.2, -0.15) is 5.26 Å². The number of nitrogens with zero attached hydrogens (tertiary/aromatic N) is 2. The van der Waals surface area contributed by atoms with Crippen molar-refractivity contribution in [2.45, 2.75) is 26.3 Å². The van der Waals surface area contributed by atoms with Crippen LogP contribution in [-0.4, -0.2) is 13.6 Å². The van der Waals surface area contributed by atoms with Gasteiger partial charge in [-0.05, 0) is 25.0 Å². The normalized spacial score (nSPS) is 13.8. The van der Waals surface area contributed by atoms with Crippen molar-refractivity contribution in [2.24, 2.45) is 11.7 Å². The molecule has 0 aliphatic rings. The predicted octanol–water partition coefficient (Wildman–Crippen LogP) is 2.69. The summed E-state index contributed by atoms with van der Waals surface area (Å²) in [4.78, 5) is 2.11. The smallest absolute Gasteiger partial charge is 0.0671 e. The largest absolute Gasteiger partial charge is 0.373 e. The van der Waals surface area contributed by atoms with Crippen LogP contribution in [0.25, 0.3) is 0 Å². The Bertz CT molecular complexity index is 395. The minimum absolute atomic E-state index is 0.0194. The van der Waals surface area contributed by atoms with Gasteiger partial charge in [-0.15, -0.1) is 0 Å². The van der Waals surface area contributed by atoms with Gasteiger partial charge >= 0.3 is 0 Å². The van der Waals surface area contributed by atoms with Gasteiger partial charge in [-0.1, -0.05) is 25.1 Å². The van der Waals surface area contributed by atoms with Crippen LogP contribution in [0, 0.1) is 17.2 Å². The molecule has 1 rings (SSSR count). The zero-order valence-electron chi connectivity index (χ0n) is 10.9. The Morgan fingerprint density at radius 2 is 2.06 bits per heavy atom. The second-order valence-corrected chi connectivity index (χ2v) is 4.48. The Balaban J connectivity index is 2.93. The van der Waals surface area contributed by atoms with E-state index in [0.717, 1.165) is 24.2 Å². The number of para-hydroxylation sites is 1. The third-order valence-corrected chi connectivity index (χ3v) is 2.96. The van der Waals surface area contributed by atoms with Crippen molar-refractivity contribution in [3.63, 3.8) is 0 Å². The molecule has 92 valence electrons. The molecule has 3 heteroatoms. The van der Waals surface area contributed by atoms with Crippen LogP contribution in [0.5, 0.6) is 0 Å². The molecule has 0 aliphatic heterocycles. The third-order valence-electron chi connectivity index (χ3n) is 2.96. The molecular formula is C14H21N3. The quantitative estimate of drug-likeness (QED) is 0.847. The zero-order chi connectivity index (χ0) is 12.8. The van der Waals surface area contributed by atoms with Gasteiger partial charge in [0, 0.05) is 25.3 Å². The van der Waals surface area contributed by atoms with E-state index in [0.29, 0.717) is 0 Å². The summed E-state index contributed by atoms with van der Waals surface area (Å²) in [6.45, 7) is 4.74. The molecule has 1 unspecified atom stereocenters. The first-order chi connectivity index (χ1) is 8.10. The number of rotatable bonds is 5. The van der Waals surface area contributed by atoms with Crippen LogP contribution >= 0.6 is 0 Å². The van der Waals surface area contributed by atoms with Crippen molar-refractivity contribution in [1.29, 1.82) is 5.26 Å². The van der Waals surface area contributed by atoms with Gasteiger partial charge in [0.2, 0.25) is 0 Å². The lowest BCUT2D eigenvalue weighted by Crippen LogP contribution is -2.25. The van der Waals surface area contributed by atoms with Crippen molar-refractivity contribution in [3.8, 4) is 6.07 Å². The van der Waals surface area contributed by atoms with Gasteiger partial charge in [-0.3, -0.25) is 0 Å². The van der Waals surface area contributed by atoms with Crippen molar-refractivity contribution in [1.82, 2.24) is 0 Å². The first-order valence-corrected chi connectivity index (χ1v) is 6.05. The topological polar surface area (TPSA) is 53.0 Å². The van der Waals surface area contributed by atoms with E-state index in [1.165, 1.54) is 0 Å². The van der Waals surface area contributed by atoms with Gasteiger partial charge in [0.1, 0.15) is 0 Å². The predicted molar refractivity (Wildman–Crippen MR) is 71.7 cm³/mol. The van der Waals surface area contributed by atoms with Gasteiger partial charge in [0.05, 0.1) is 12.0 Å². The van der Waals surface area contributed by atoms with E-state index in [-0.39, 0.29) is 12.0 Å². The monoisotopic (exact) mass is 231 g/mol. The Hall–Kier alpha value is -1.53. The van der Waals surface area contributed by atoms with E-state index in [1.54, 1.807) is 0 Å². The highest BCUT2D eigenvalue weighted by molar-refractivity contribution is 5.54. The average molecular weight is 231 g/mol. The van der Waals surface area contributed by atoms with Gasteiger partial charge in [0.15, 0.2) is 0 Å².